The summed E-state index contributed by atoms with van der Waals surface area (Å²) in [6.07, 6.45) is -0.836. The summed E-state index contributed by atoms with van der Waals surface area (Å²) < 4.78 is 10.9. The van der Waals surface area contributed by atoms with E-state index < -0.39 is 23.8 Å². The first-order valence-corrected chi connectivity index (χ1v) is 9.43. The molecule has 1 heterocycles. The molecule has 0 aliphatic carbocycles. The van der Waals surface area contributed by atoms with E-state index in [1.165, 1.54) is 0 Å². The Balaban J connectivity index is 1.45. The van der Waals surface area contributed by atoms with Gasteiger partial charge in [-0.05, 0) is 49.7 Å². The Morgan fingerprint density at radius 2 is 1.73 bits per heavy atom. The standard InChI is InChI=1S/C22H23N3O5/c1-13-10-19(14(2)29-13)22(28)23-12-20(26)24-25-21(27)15(3)30-18-9-8-16-6-4-5-7-17(16)11-18/h4-11,15H,12H2,1-3H3,(H,23,28)(H,24,26)(H,25,27). The van der Waals surface area contributed by atoms with E-state index in [4.69, 9.17) is 9.15 Å². The third-order valence-corrected chi connectivity index (χ3v) is 4.42. The van der Waals surface area contributed by atoms with Gasteiger partial charge in [-0.15, -0.1) is 0 Å². The minimum absolute atomic E-state index is 0.303. The molecule has 3 rings (SSSR count). The number of amides is 3. The van der Waals surface area contributed by atoms with Gasteiger partial charge in [-0.25, -0.2) is 0 Å². The van der Waals surface area contributed by atoms with Gasteiger partial charge in [0.25, 0.3) is 17.7 Å². The van der Waals surface area contributed by atoms with Crippen LogP contribution < -0.4 is 20.9 Å². The zero-order chi connectivity index (χ0) is 21.7. The summed E-state index contributed by atoms with van der Waals surface area (Å²) in [4.78, 5) is 36.1. The maximum absolute atomic E-state index is 12.2. The average Bonchev–Trinajstić information content (AvgIpc) is 3.08. The van der Waals surface area contributed by atoms with Crippen LogP contribution in [0.4, 0.5) is 0 Å². The lowest BCUT2D eigenvalue weighted by atomic mass is 10.1. The number of hydrogen-bond acceptors (Lipinski definition) is 5. The molecule has 30 heavy (non-hydrogen) atoms. The van der Waals surface area contributed by atoms with Crippen LogP contribution in [0.25, 0.3) is 10.8 Å². The highest BCUT2D eigenvalue weighted by Crippen LogP contribution is 2.21. The molecule has 1 unspecified atom stereocenters. The van der Waals surface area contributed by atoms with Crippen LogP contribution >= 0.6 is 0 Å². The molecule has 0 radical (unpaired) electrons. The van der Waals surface area contributed by atoms with Gasteiger partial charge in [0.15, 0.2) is 6.10 Å². The number of furan rings is 1. The number of hydrogen-bond donors (Lipinski definition) is 3. The molecule has 0 aliphatic rings. The molecule has 0 bridgehead atoms. The maximum Gasteiger partial charge on any atom is 0.279 e. The van der Waals surface area contributed by atoms with Gasteiger partial charge in [-0.1, -0.05) is 30.3 Å². The van der Waals surface area contributed by atoms with E-state index in [0.717, 1.165) is 10.8 Å². The van der Waals surface area contributed by atoms with E-state index in [9.17, 15) is 14.4 Å². The second kappa shape index (κ2) is 9.13. The molecule has 1 atom stereocenters. The Kier molecular flexibility index (Phi) is 6.36. The van der Waals surface area contributed by atoms with Gasteiger partial charge in [0.05, 0.1) is 12.1 Å². The van der Waals surface area contributed by atoms with Crippen molar-refractivity contribution in [1.29, 1.82) is 0 Å². The van der Waals surface area contributed by atoms with Crippen LogP contribution in [0.15, 0.2) is 52.9 Å². The fourth-order valence-electron chi connectivity index (χ4n) is 2.89. The van der Waals surface area contributed by atoms with E-state index >= 15 is 0 Å². The summed E-state index contributed by atoms with van der Waals surface area (Å²) >= 11 is 0. The molecular formula is C22H23N3O5. The van der Waals surface area contributed by atoms with Crippen molar-refractivity contribution in [2.45, 2.75) is 26.9 Å². The van der Waals surface area contributed by atoms with Crippen LogP contribution in [0.1, 0.15) is 28.8 Å². The summed E-state index contributed by atoms with van der Waals surface area (Å²) in [5.74, 6) is 0.0873. The highest BCUT2D eigenvalue weighted by molar-refractivity contribution is 5.97. The van der Waals surface area contributed by atoms with Crippen LogP contribution in [-0.4, -0.2) is 30.4 Å². The summed E-state index contributed by atoms with van der Waals surface area (Å²) in [6, 6.07) is 14.9. The lowest BCUT2D eigenvalue weighted by Crippen LogP contribution is -2.50. The van der Waals surface area contributed by atoms with Gasteiger partial charge in [0.2, 0.25) is 0 Å². The van der Waals surface area contributed by atoms with Gasteiger partial charge >= 0.3 is 0 Å². The highest BCUT2D eigenvalue weighted by Gasteiger charge is 2.17. The first-order valence-electron chi connectivity index (χ1n) is 9.43. The Bertz CT molecular complexity index is 1090. The van der Waals surface area contributed by atoms with E-state index in [1.807, 2.05) is 36.4 Å². The van der Waals surface area contributed by atoms with Gasteiger partial charge in [-0.3, -0.25) is 25.2 Å². The molecule has 1 aromatic heterocycles. The van der Waals surface area contributed by atoms with E-state index in [-0.39, 0.29) is 6.54 Å². The molecule has 3 amide bonds. The molecule has 8 nitrogen and oxygen atoms in total. The third kappa shape index (κ3) is 5.16. The Morgan fingerprint density at radius 3 is 2.43 bits per heavy atom. The zero-order valence-corrected chi connectivity index (χ0v) is 16.9. The maximum atomic E-state index is 12.2. The number of hydrazine groups is 1. The van der Waals surface area contributed by atoms with Gasteiger partial charge in [0.1, 0.15) is 17.3 Å². The molecule has 0 fully saturated rings. The lowest BCUT2D eigenvalue weighted by Gasteiger charge is -2.15. The van der Waals surface area contributed by atoms with Crippen molar-refractivity contribution in [3.8, 4) is 5.75 Å². The second-order valence-corrected chi connectivity index (χ2v) is 6.82. The molecule has 156 valence electrons. The van der Waals surface area contributed by atoms with Crippen LogP contribution in [0.3, 0.4) is 0 Å². The van der Waals surface area contributed by atoms with Crippen molar-refractivity contribution in [2.75, 3.05) is 6.54 Å². The molecule has 8 heteroatoms. The largest absolute Gasteiger partial charge is 0.481 e. The molecule has 2 aromatic carbocycles. The predicted molar refractivity (Wildman–Crippen MR) is 111 cm³/mol. The van der Waals surface area contributed by atoms with Crippen molar-refractivity contribution in [1.82, 2.24) is 16.2 Å². The van der Waals surface area contributed by atoms with Crippen molar-refractivity contribution < 1.29 is 23.5 Å². The minimum atomic E-state index is -0.836. The number of carbonyl (C=O) groups excluding carboxylic acids is 3. The number of nitrogens with one attached hydrogen (secondary N) is 3. The second-order valence-electron chi connectivity index (χ2n) is 6.82. The Hall–Kier alpha value is -3.81. The van der Waals surface area contributed by atoms with Crippen LogP contribution in [0.2, 0.25) is 0 Å². The molecule has 3 N–H and O–H groups in total. The smallest absolute Gasteiger partial charge is 0.279 e. The fourth-order valence-corrected chi connectivity index (χ4v) is 2.89. The van der Waals surface area contributed by atoms with Gasteiger partial charge in [-0.2, -0.15) is 0 Å². The molecule has 0 saturated carbocycles. The third-order valence-electron chi connectivity index (χ3n) is 4.42. The summed E-state index contributed by atoms with van der Waals surface area (Å²) in [6.45, 7) is 4.66. The highest BCUT2D eigenvalue weighted by atomic mass is 16.5. The van der Waals surface area contributed by atoms with Gasteiger partial charge < -0.3 is 14.5 Å². The fraction of sp³-hybridized carbons (Fsp3) is 0.227. The lowest BCUT2D eigenvalue weighted by molar-refractivity contribution is -0.132. The number of ether oxygens (including phenoxy) is 1. The molecule has 0 aliphatic heterocycles. The summed E-state index contributed by atoms with van der Waals surface area (Å²) in [5.41, 5.74) is 4.90. The molecule has 0 spiro atoms. The number of fused-ring (bicyclic) bond motifs is 1. The van der Waals surface area contributed by atoms with Gasteiger partial charge in [0, 0.05) is 0 Å². The summed E-state index contributed by atoms with van der Waals surface area (Å²) in [5, 5.41) is 4.53. The molecule has 0 saturated heterocycles. The Morgan fingerprint density at radius 1 is 1.00 bits per heavy atom. The van der Waals surface area contributed by atoms with E-state index in [0.29, 0.717) is 22.8 Å². The van der Waals surface area contributed by atoms with E-state index in [2.05, 4.69) is 16.2 Å². The average molecular weight is 409 g/mol. The van der Waals surface area contributed by atoms with E-state index in [1.54, 1.807) is 32.9 Å². The van der Waals surface area contributed by atoms with Crippen LogP contribution in [0.5, 0.6) is 5.75 Å². The zero-order valence-electron chi connectivity index (χ0n) is 16.9. The normalized spacial score (nSPS) is 11.6. The SMILES string of the molecule is Cc1cc(C(=O)NCC(=O)NNC(=O)C(C)Oc2ccc3ccccc3c2)c(C)o1. The van der Waals surface area contributed by atoms with Crippen molar-refractivity contribution in [2.24, 2.45) is 0 Å². The first-order chi connectivity index (χ1) is 14.3. The Labute approximate surface area is 173 Å². The quantitative estimate of drug-likeness (QED) is 0.542. The van der Waals surface area contributed by atoms with Crippen molar-refractivity contribution in [3.05, 3.63) is 65.6 Å². The van der Waals surface area contributed by atoms with Crippen molar-refractivity contribution in [3.63, 3.8) is 0 Å². The monoisotopic (exact) mass is 409 g/mol. The molecule has 3 aromatic rings. The number of carbonyl (C=O) groups is 3. The summed E-state index contributed by atoms with van der Waals surface area (Å²) in [7, 11) is 0. The topological polar surface area (TPSA) is 110 Å². The van der Waals surface area contributed by atoms with Crippen LogP contribution in [0, 0.1) is 13.8 Å². The van der Waals surface area contributed by atoms with Crippen LogP contribution in [-0.2, 0) is 9.59 Å². The number of benzene rings is 2. The first kappa shape index (κ1) is 20.9. The van der Waals surface area contributed by atoms with Crippen molar-refractivity contribution >= 4 is 28.5 Å². The minimum Gasteiger partial charge on any atom is -0.481 e. The number of rotatable bonds is 6. The molecular weight excluding hydrogens is 386 g/mol. The number of aryl methyl sites for hydroxylation is 2. The predicted octanol–water partition coefficient (Wildman–Crippen LogP) is 2.39.